The van der Waals surface area contributed by atoms with E-state index in [1.165, 1.54) is 31.2 Å². The molecule has 1 unspecified atom stereocenters. The second kappa shape index (κ2) is 6.19. The molecule has 18 heavy (non-hydrogen) atoms. The third kappa shape index (κ3) is 3.02. The number of piperidine rings is 1. The zero-order valence-electron chi connectivity index (χ0n) is 11.6. The number of nitrogens with zero attached hydrogens (tertiary/aromatic N) is 2. The molecule has 3 nitrogen and oxygen atoms in total. The lowest BCUT2D eigenvalue weighted by Crippen LogP contribution is -2.35. The second-order valence-corrected chi connectivity index (χ2v) is 5.42. The van der Waals surface area contributed by atoms with Crippen molar-refractivity contribution in [1.29, 1.82) is 0 Å². The number of hydrogen-bond donors (Lipinski definition) is 1. The Balaban J connectivity index is 2.05. The minimum atomic E-state index is 0.0575. The van der Waals surface area contributed by atoms with E-state index in [4.69, 9.17) is 5.73 Å². The van der Waals surface area contributed by atoms with Gasteiger partial charge in [0, 0.05) is 30.9 Å². The first-order valence-electron chi connectivity index (χ1n) is 7.17. The number of nitrogens with two attached hydrogens (primary N) is 1. The third-order valence-corrected chi connectivity index (χ3v) is 3.92. The van der Waals surface area contributed by atoms with Gasteiger partial charge >= 0.3 is 0 Å². The number of rotatable bonds is 4. The first-order valence-corrected chi connectivity index (χ1v) is 7.17. The molecule has 2 rings (SSSR count). The summed E-state index contributed by atoms with van der Waals surface area (Å²) in [5.74, 6) is 2.01. The van der Waals surface area contributed by atoms with E-state index in [2.05, 4.69) is 22.9 Å². The Morgan fingerprint density at radius 3 is 2.78 bits per heavy atom. The molecular formula is C15H25N3. The maximum atomic E-state index is 6.03. The van der Waals surface area contributed by atoms with E-state index in [-0.39, 0.29) is 6.04 Å². The van der Waals surface area contributed by atoms with Crippen LogP contribution in [0.5, 0.6) is 0 Å². The van der Waals surface area contributed by atoms with E-state index in [1.54, 1.807) is 0 Å². The lowest BCUT2D eigenvalue weighted by atomic mass is 9.92. The van der Waals surface area contributed by atoms with Crippen molar-refractivity contribution in [3.05, 3.63) is 23.9 Å². The second-order valence-electron chi connectivity index (χ2n) is 5.42. The lowest BCUT2D eigenvalue weighted by molar-refractivity contribution is 0.377. The number of aromatic nitrogens is 1. The predicted molar refractivity (Wildman–Crippen MR) is 76.7 cm³/mol. The van der Waals surface area contributed by atoms with Gasteiger partial charge < -0.3 is 10.6 Å². The largest absolute Gasteiger partial charge is 0.356 e. The highest BCUT2D eigenvalue weighted by Crippen LogP contribution is 2.28. The number of anilines is 1. The fourth-order valence-electron chi connectivity index (χ4n) is 2.87. The minimum Gasteiger partial charge on any atom is -0.356 e. The van der Waals surface area contributed by atoms with Crippen LogP contribution in [0.25, 0.3) is 0 Å². The molecule has 0 bridgehead atoms. The Morgan fingerprint density at radius 2 is 2.17 bits per heavy atom. The van der Waals surface area contributed by atoms with Gasteiger partial charge in [0.15, 0.2) is 0 Å². The van der Waals surface area contributed by atoms with Crippen LogP contribution in [0.4, 0.5) is 5.82 Å². The first kappa shape index (κ1) is 13.3. The van der Waals surface area contributed by atoms with Crippen molar-refractivity contribution in [2.75, 3.05) is 18.0 Å². The van der Waals surface area contributed by atoms with Crippen molar-refractivity contribution in [1.82, 2.24) is 4.98 Å². The molecule has 1 saturated heterocycles. The fourth-order valence-corrected chi connectivity index (χ4v) is 2.87. The summed E-state index contributed by atoms with van der Waals surface area (Å²) in [6, 6.07) is 4.14. The zero-order chi connectivity index (χ0) is 13.0. The molecule has 0 amide bonds. The zero-order valence-corrected chi connectivity index (χ0v) is 11.6. The molecule has 2 heterocycles. The summed E-state index contributed by atoms with van der Waals surface area (Å²) in [7, 11) is 0. The van der Waals surface area contributed by atoms with Gasteiger partial charge in [0.25, 0.3) is 0 Å². The fraction of sp³-hybridized carbons (Fsp3) is 0.667. The summed E-state index contributed by atoms with van der Waals surface area (Å²) in [5, 5.41) is 0. The SMILES string of the molecule is CCCC1CCN(c2ncccc2C(C)N)CC1. The molecule has 1 aliphatic rings. The van der Waals surface area contributed by atoms with E-state index in [1.807, 2.05) is 19.2 Å². The predicted octanol–water partition coefficient (Wildman–Crippen LogP) is 3.12. The van der Waals surface area contributed by atoms with Crippen LogP contribution in [0.1, 0.15) is 51.1 Å². The average molecular weight is 247 g/mol. The topological polar surface area (TPSA) is 42.2 Å². The normalized spacial score (nSPS) is 18.9. The number of pyridine rings is 1. The molecule has 2 N–H and O–H groups in total. The van der Waals surface area contributed by atoms with Gasteiger partial charge in [0.2, 0.25) is 0 Å². The van der Waals surface area contributed by atoms with E-state index in [0.717, 1.165) is 24.8 Å². The van der Waals surface area contributed by atoms with Crippen molar-refractivity contribution in [2.24, 2.45) is 11.7 Å². The summed E-state index contributed by atoms with van der Waals surface area (Å²) in [6.45, 7) is 6.56. The van der Waals surface area contributed by atoms with Gasteiger partial charge in [0.1, 0.15) is 5.82 Å². The molecule has 1 aromatic rings. The van der Waals surface area contributed by atoms with E-state index >= 15 is 0 Å². The van der Waals surface area contributed by atoms with Crippen molar-refractivity contribution in [3.63, 3.8) is 0 Å². The summed E-state index contributed by atoms with van der Waals surface area (Å²) in [4.78, 5) is 6.95. The summed E-state index contributed by atoms with van der Waals surface area (Å²) >= 11 is 0. The Kier molecular flexibility index (Phi) is 4.59. The Labute approximate surface area is 110 Å². The highest BCUT2D eigenvalue weighted by atomic mass is 15.2. The Bertz CT molecular complexity index is 368. The molecule has 0 spiro atoms. The van der Waals surface area contributed by atoms with Crippen molar-refractivity contribution in [3.8, 4) is 0 Å². The highest BCUT2D eigenvalue weighted by molar-refractivity contribution is 5.48. The van der Waals surface area contributed by atoms with Crippen LogP contribution in [0, 0.1) is 5.92 Å². The van der Waals surface area contributed by atoms with Crippen LogP contribution < -0.4 is 10.6 Å². The average Bonchev–Trinajstić information content (AvgIpc) is 2.40. The molecule has 1 aliphatic heterocycles. The van der Waals surface area contributed by atoms with Gasteiger partial charge in [-0.2, -0.15) is 0 Å². The van der Waals surface area contributed by atoms with Crippen LogP contribution in [0.2, 0.25) is 0 Å². The molecule has 1 aromatic heterocycles. The molecule has 1 fully saturated rings. The molecule has 0 aliphatic carbocycles. The summed E-state index contributed by atoms with van der Waals surface area (Å²) < 4.78 is 0. The first-order chi connectivity index (χ1) is 8.72. The molecular weight excluding hydrogens is 222 g/mol. The van der Waals surface area contributed by atoms with Crippen LogP contribution >= 0.6 is 0 Å². The maximum Gasteiger partial charge on any atom is 0.133 e. The van der Waals surface area contributed by atoms with Crippen LogP contribution in [-0.4, -0.2) is 18.1 Å². The molecule has 100 valence electrons. The van der Waals surface area contributed by atoms with Crippen molar-refractivity contribution in [2.45, 2.75) is 45.6 Å². The van der Waals surface area contributed by atoms with Crippen molar-refractivity contribution >= 4 is 5.82 Å². The number of hydrogen-bond acceptors (Lipinski definition) is 3. The van der Waals surface area contributed by atoms with Crippen LogP contribution in [0.15, 0.2) is 18.3 Å². The van der Waals surface area contributed by atoms with Crippen molar-refractivity contribution < 1.29 is 0 Å². The highest BCUT2D eigenvalue weighted by Gasteiger charge is 2.21. The molecule has 0 aromatic carbocycles. The van der Waals surface area contributed by atoms with Gasteiger partial charge in [0.05, 0.1) is 0 Å². The summed E-state index contributed by atoms with van der Waals surface area (Å²) in [5.41, 5.74) is 7.20. The summed E-state index contributed by atoms with van der Waals surface area (Å²) in [6.07, 6.45) is 7.14. The van der Waals surface area contributed by atoms with E-state index < -0.39 is 0 Å². The molecule has 1 atom stereocenters. The molecule has 3 heteroatoms. The smallest absolute Gasteiger partial charge is 0.133 e. The third-order valence-electron chi connectivity index (χ3n) is 3.92. The minimum absolute atomic E-state index is 0.0575. The van der Waals surface area contributed by atoms with E-state index in [9.17, 15) is 0 Å². The van der Waals surface area contributed by atoms with Gasteiger partial charge in [-0.05, 0) is 31.7 Å². The Hall–Kier alpha value is -1.09. The monoisotopic (exact) mass is 247 g/mol. The standard InChI is InChI=1S/C15H25N3/c1-3-5-13-7-10-18(11-8-13)15-14(12(2)16)6-4-9-17-15/h4,6,9,12-13H,3,5,7-8,10-11,16H2,1-2H3. The lowest BCUT2D eigenvalue weighted by Gasteiger charge is -2.34. The van der Waals surface area contributed by atoms with Gasteiger partial charge in [-0.3, -0.25) is 0 Å². The van der Waals surface area contributed by atoms with Gasteiger partial charge in [-0.1, -0.05) is 25.8 Å². The van der Waals surface area contributed by atoms with E-state index in [0.29, 0.717) is 0 Å². The van der Waals surface area contributed by atoms with Crippen LogP contribution in [0.3, 0.4) is 0 Å². The van der Waals surface area contributed by atoms with Gasteiger partial charge in [-0.25, -0.2) is 4.98 Å². The molecule has 0 saturated carbocycles. The van der Waals surface area contributed by atoms with Gasteiger partial charge in [-0.15, -0.1) is 0 Å². The molecule has 0 radical (unpaired) electrons. The van der Waals surface area contributed by atoms with Crippen LogP contribution in [-0.2, 0) is 0 Å². The Morgan fingerprint density at radius 1 is 1.44 bits per heavy atom. The quantitative estimate of drug-likeness (QED) is 0.889. The maximum absolute atomic E-state index is 6.03.